The minimum absolute atomic E-state index is 0. The van der Waals surface area contributed by atoms with E-state index in [-0.39, 0.29) is 18.0 Å². The Kier molecular flexibility index (Phi) is 4.98. The second-order valence-corrected chi connectivity index (χ2v) is 4.86. The van der Waals surface area contributed by atoms with Gasteiger partial charge in [0.1, 0.15) is 12.4 Å². The molecule has 6 heteroatoms. The van der Waals surface area contributed by atoms with Gasteiger partial charge in [0.05, 0.1) is 5.56 Å². The Morgan fingerprint density at radius 3 is 2.45 bits per heavy atom. The number of halogens is 4. The average molecular weight is 330 g/mol. The monoisotopic (exact) mass is 329 g/mol. The molecule has 2 aromatic rings. The van der Waals surface area contributed by atoms with Crippen LogP contribution in [0.2, 0.25) is 0 Å². The minimum atomic E-state index is -4.39. The molecule has 2 aromatic carbocycles. The molecule has 1 heterocycles. The summed E-state index contributed by atoms with van der Waals surface area (Å²) in [6.45, 7) is 1.71. The van der Waals surface area contributed by atoms with E-state index in [0.29, 0.717) is 31.0 Å². The maximum absolute atomic E-state index is 13.2. The number of rotatable bonds is 1. The first-order valence-electron chi connectivity index (χ1n) is 6.69. The Labute approximate surface area is 132 Å². The van der Waals surface area contributed by atoms with Crippen molar-refractivity contribution in [2.45, 2.75) is 12.7 Å². The minimum Gasteiger partial charge on any atom is -0.491 e. The van der Waals surface area contributed by atoms with Crippen LogP contribution in [-0.2, 0) is 12.7 Å². The van der Waals surface area contributed by atoms with Gasteiger partial charge in [-0.25, -0.2) is 0 Å². The predicted molar refractivity (Wildman–Crippen MR) is 81.3 cm³/mol. The summed E-state index contributed by atoms with van der Waals surface area (Å²) >= 11 is 0. The van der Waals surface area contributed by atoms with E-state index in [2.05, 4.69) is 5.32 Å². The molecule has 1 N–H and O–H groups in total. The van der Waals surface area contributed by atoms with Gasteiger partial charge < -0.3 is 10.1 Å². The molecule has 3 rings (SSSR count). The zero-order valence-electron chi connectivity index (χ0n) is 11.6. The summed E-state index contributed by atoms with van der Waals surface area (Å²) in [6.07, 6.45) is -4.39. The van der Waals surface area contributed by atoms with Crippen molar-refractivity contribution in [2.24, 2.45) is 0 Å². The lowest BCUT2D eigenvalue weighted by molar-refractivity contribution is -0.137. The number of benzene rings is 2. The van der Waals surface area contributed by atoms with Crippen molar-refractivity contribution < 1.29 is 17.9 Å². The van der Waals surface area contributed by atoms with Crippen LogP contribution in [-0.4, -0.2) is 13.2 Å². The van der Waals surface area contributed by atoms with E-state index in [4.69, 9.17) is 4.74 Å². The fourth-order valence-electron chi connectivity index (χ4n) is 2.52. The van der Waals surface area contributed by atoms with Crippen molar-refractivity contribution >= 4 is 12.4 Å². The fraction of sp³-hybridized carbons (Fsp3) is 0.250. The van der Waals surface area contributed by atoms with Gasteiger partial charge in [-0.3, -0.25) is 0 Å². The van der Waals surface area contributed by atoms with E-state index < -0.39 is 11.7 Å². The Morgan fingerprint density at radius 2 is 1.68 bits per heavy atom. The van der Waals surface area contributed by atoms with Gasteiger partial charge in [-0.2, -0.15) is 13.2 Å². The summed E-state index contributed by atoms with van der Waals surface area (Å²) in [5, 5.41) is 3.18. The maximum atomic E-state index is 13.2. The van der Waals surface area contributed by atoms with Crippen molar-refractivity contribution in [3.63, 3.8) is 0 Å². The first kappa shape index (κ1) is 16.6. The highest BCUT2D eigenvalue weighted by Gasteiger charge is 2.34. The van der Waals surface area contributed by atoms with Crippen LogP contribution >= 0.6 is 12.4 Å². The van der Waals surface area contributed by atoms with Crippen LogP contribution in [0.25, 0.3) is 11.1 Å². The van der Waals surface area contributed by atoms with Crippen molar-refractivity contribution in [3.05, 3.63) is 53.6 Å². The molecule has 0 unspecified atom stereocenters. The standard InChI is InChI=1S/C16H14F3NO.ClH/c17-16(18,19)14-7-2-1-5-12(14)13-6-3-4-11-10-20-8-9-21-15(11)13;/h1-7,20H,8-10H2;1H. The second-order valence-electron chi connectivity index (χ2n) is 4.86. The van der Waals surface area contributed by atoms with Gasteiger partial charge in [0.15, 0.2) is 0 Å². The van der Waals surface area contributed by atoms with Crippen LogP contribution in [0.4, 0.5) is 13.2 Å². The van der Waals surface area contributed by atoms with Crippen LogP contribution in [0.3, 0.4) is 0 Å². The van der Waals surface area contributed by atoms with Crippen LogP contribution in [0.15, 0.2) is 42.5 Å². The number of nitrogens with one attached hydrogen (secondary N) is 1. The van der Waals surface area contributed by atoms with Crippen LogP contribution in [0.5, 0.6) is 5.75 Å². The van der Waals surface area contributed by atoms with E-state index in [9.17, 15) is 13.2 Å². The highest BCUT2D eigenvalue weighted by molar-refractivity contribution is 5.85. The van der Waals surface area contributed by atoms with Gasteiger partial charge in [0.25, 0.3) is 0 Å². The molecular formula is C16H15ClF3NO. The molecule has 22 heavy (non-hydrogen) atoms. The lowest BCUT2D eigenvalue weighted by Crippen LogP contribution is -2.16. The molecule has 0 saturated heterocycles. The van der Waals surface area contributed by atoms with Gasteiger partial charge in [0.2, 0.25) is 0 Å². The third kappa shape index (κ3) is 3.20. The van der Waals surface area contributed by atoms with Crippen molar-refractivity contribution in [3.8, 4) is 16.9 Å². The van der Waals surface area contributed by atoms with Crippen molar-refractivity contribution in [1.29, 1.82) is 0 Å². The predicted octanol–water partition coefficient (Wildman–Crippen LogP) is 4.28. The van der Waals surface area contributed by atoms with E-state index >= 15 is 0 Å². The lowest BCUT2D eigenvalue weighted by Gasteiger charge is -2.17. The first-order valence-corrected chi connectivity index (χ1v) is 6.69. The fourth-order valence-corrected chi connectivity index (χ4v) is 2.52. The molecular weight excluding hydrogens is 315 g/mol. The summed E-state index contributed by atoms with van der Waals surface area (Å²) in [5.41, 5.74) is 0.883. The molecule has 0 atom stereocenters. The second kappa shape index (κ2) is 6.58. The summed E-state index contributed by atoms with van der Waals surface area (Å²) in [6, 6.07) is 10.9. The van der Waals surface area contributed by atoms with Gasteiger partial charge >= 0.3 is 6.18 Å². The number of hydrogen-bond acceptors (Lipinski definition) is 2. The highest BCUT2D eigenvalue weighted by Crippen LogP contribution is 2.41. The molecule has 0 aromatic heterocycles. The Morgan fingerprint density at radius 1 is 0.955 bits per heavy atom. The van der Waals surface area contributed by atoms with E-state index in [1.54, 1.807) is 18.2 Å². The molecule has 2 nitrogen and oxygen atoms in total. The molecule has 118 valence electrons. The molecule has 0 saturated carbocycles. The first-order chi connectivity index (χ1) is 10.1. The highest BCUT2D eigenvalue weighted by atomic mass is 35.5. The molecule has 1 aliphatic rings. The topological polar surface area (TPSA) is 21.3 Å². The quantitative estimate of drug-likeness (QED) is 0.843. The molecule has 0 spiro atoms. The maximum Gasteiger partial charge on any atom is 0.417 e. The number of ether oxygens (including phenoxy) is 1. The third-order valence-electron chi connectivity index (χ3n) is 3.46. The molecule has 0 amide bonds. The normalized spacial score (nSPS) is 14.3. The van der Waals surface area contributed by atoms with Gasteiger partial charge in [-0.1, -0.05) is 36.4 Å². The molecule has 1 aliphatic heterocycles. The number of alkyl halides is 3. The van der Waals surface area contributed by atoms with Gasteiger partial charge in [-0.15, -0.1) is 12.4 Å². The van der Waals surface area contributed by atoms with Gasteiger partial charge in [0, 0.05) is 24.2 Å². The van der Waals surface area contributed by atoms with Crippen molar-refractivity contribution in [1.82, 2.24) is 5.32 Å². The summed E-state index contributed by atoms with van der Waals surface area (Å²) in [5.74, 6) is 0.541. The number of fused-ring (bicyclic) bond motifs is 1. The largest absolute Gasteiger partial charge is 0.491 e. The number of hydrogen-bond donors (Lipinski definition) is 1. The average Bonchev–Trinajstić information content (AvgIpc) is 2.71. The van der Waals surface area contributed by atoms with Crippen LogP contribution < -0.4 is 10.1 Å². The molecule has 0 fully saturated rings. The van der Waals surface area contributed by atoms with Crippen LogP contribution in [0, 0.1) is 0 Å². The molecule has 0 bridgehead atoms. The Hall–Kier alpha value is -1.72. The molecule has 0 radical (unpaired) electrons. The Balaban J connectivity index is 0.00000176. The van der Waals surface area contributed by atoms with E-state index in [1.807, 2.05) is 6.07 Å². The number of para-hydroxylation sites is 1. The van der Waals surface area contributed by atoms with E-state index in [0.717, 1.165) is 11.6 Å². The zero-order valence-corrected chi connectivity index (χ0v) is 12.4. The summed E-state index contributed by atoms with van der Waals surface area (Å²) < 4.78 is 45.3. The smallest absolute Gasteiger partial charge is 0.417 e. The van der Waals surface area contributed by atoms with Crippen molar-refractivity contribution in [2.75, 3.05) is 13.2 Å². The lowest BCUT2D eigenvalue weighted by atomic mass is 9.96. The van der Waals surface area contributed by atoms with Crippen LogP contribution in [0.1, 0.15) is 11.1 Å². The molecule has 0 aliphatic carbocycles. The zero-order chi connectivity index (χ0) is 14.9. The third-order valence-corrected chi connectivity index (χ3v) is 3.46. The Bertz CT molecular complexity index is 658. The summed E-state index contributed by atoms with van der Waals surface area (Å²) in [7, 11) is 0. The van der Waals surface area contributed by atoms with Gasteiger partial charge in [-0.05, 0) is 11.6 Å². The van der Waals surface area contributed by atoms with E-state index in [1.165, 1.54) is 12.1 Å². The SMILES string of the molecule is Cl.FC(F)(F)c1ccccc1-c1cccc2c1OCCNC2. The summed E-state index contributed by atoms with van der Waals surface area (Å²) in [4.78, 5) is 0.